The lowest BCUT2D eigenvalue weighted by atomic mass is 9.73. The number of anilines is 2. The summed E-state index contributed by atoms with van der Waals surface area (Å²) in [6, 6.07) is 0. The van der Waals surface area contributed by atoms with Crippen LogP contribution in [0.4, 0.5) is 11.1 Å². The van der Waals surface area contributed by atoms with Crippen LogP contribution in [0.25, 0.3) is 11.4 Å². The summed E-state index contributed by atoms with van der Waals surface area (Å²) in [6.07, 6.45) is 4.07. The van der Waals surface area contributed by atoms with E-state index in [1.807, 2.05) is 13.8 Å². The minimum atomic E-state index is -0.402. The Labute approximate surface area is 175 Å². The van der Waals surface area contributed by atoms with Crippen LogP contribution in [-0.2, 0) is 16.6 Å². The molecule has 0 bridgehead atoms. The van der Waals surface area contributed by atoms with Crippen LogP contribution in [0.2, 0.25) is 0 Å². The molecule has 4 N–H and O–H groups in total. The van der Waals surface area contributed by atoms with Gasteiger partial charge in [-0.25, -0.2) is 9.97 Å². The lowest BCUT2D eigenvalue weighted by molar-refractivity contribution is -0.136. The van der Waals surface area contributed by atoms with E-state index in [-0.39, 0.29) is 34.8 Å². The van der Waals surface area contributed by atoms with Crippen molar-refractivity contribution >= 4 is 34.3 Å². The largest absolute Gasteiger partial charge is 0.406 e. The molecular weight excluding hydrogens is 406 g/mol. The first-order valence-corrected chi connectivity index (χ1v) is 10.4. The van der Waals surface area contributed by atoms with Crippen molar-refractivity contribution in [2.75, 3.05) is 11.1 Å². The summed E-state index contributed by atoms with van der Waals surface area (Å²) in [5.41, 5.74) is 8.69. The molecule has 10 nitrogen and oxygen atoms in total. The second-order valence-corrected chi connectivity index (χ2v) is 8.98. The molecule has 0 aromatic carbocycles. The normalized spacial score (nSPS) is 16.5. The fourth-order valence-electron chi connectivity index (χ4n) is 3.69. The molecule has 1 amide bonds. The van der Waals surface area contributed by atoms with E-state index in [9.17, 15) is 9.59 Å². The Morgan fingerprint density at radius 1 is 1.33 bits per heavy atom. The average Bonchev–Trinajstić information content (AvgIpc) is 3.29. The van der Waals surface area contributed by atoms with Crippen molar-refractivity contribution in [3.05, 3.63) is 28.4 Å². The number of rotatable bonds is 4. The van der Waals surface area contributed by atoms with Crippen LogP contribution in [0.3, 0.4) is 0 Å². The minimum absolute atomic E-state index is 0.0247. The highest BCUT2D eigenvalue weighted by Gasteiger charge is 2.38. The number of ether oxygens (including phenoxy) is 1. The third-order valence-corrected chi connectivity index (χ3v) is 5.97. The predicted molar refractivity (Wildman–Crippen MR) is 109 cm³/mol. The second kappa shape index (κ2) is 6.59. The van der Waals surface area contributed by atoms with Crippen LogP contribution < -0.4 is 15.8 Å². The molecule has 0 saturated heterocycles. The Bertz CT molecular complexity index is 1180. The van der Waals surface area contributed by atoms with Gasteiger partial charge < -0.3 is 10.5 Å². The maximum absolute atomic E-state index is 13.0. The van der Waals surface area contributed by atoms with Gasteiger partial charge in [0.15, 0.2) is 10.8 Å². The zero-order valence-corrected chi connectivity index (χ0v) is 17.2. The summed E-state index contributed by atoms with van der Waals surface area (Å²) in [5.74, 6) is -0.348. The number of esters is 1. The van der Waals surface area contributed by atoms with Crippen LogP contribution in [0.1, 0.15) is 48.3 Å². The van der Waals surface area contributed by atoms with Gasteiger partial charge in [0.05, 0.1) is 22.7 Å². The van der Waals surface area contributed by atoms with Crippen molar-refractivity contribution in [2.24, 2.45) is 5.92 Å². The van der Waals surface area contributed by atoms with E-state index >= 15 is 0 Å². The van der Waals surface area contributed by atoms with Crippen LogP contribution in [-0.4, -0.2) is 37.0 Å². The lowest BCUT2D eigenvalue weighted by Crippen LogP contribution is -2.29. The van der Waals surface area contributed by atoms with E-state index in [2.05, 4.69) is 30.5 Å². The number of fused-ring (bicyclic) bond motifs is 3. The SMILES string of the molecule is CC1(C)Cc2cnc(N)nc2-c2[nH]nc(C(=O)Nc3nc(OC(=O)C4CC4)cs3)c21. The first kappa shape index (κ1) is 18.7. The van der Waals surface area contributed by atoms with Gasteiger partial charge in [0.25, 0.3) is 5.91 Å². The molecular formula is C19H19N7O3S. The molecule has 0 unspecified atom stereocenters. The number of aromatic amines is 1. The van der Waals surface area contributed by atoms with Crippen LogP contribution in [0.15, 0.2) is 11.6 Å². The number of H-pyrrole nitrogens is 1. The van der Waals surface area contributed by atoms with Gasteiger partial charge in [0.2, 0.25) is 11.8 Å². The summed E-state index contributed by atoms with van der Waals surface area (Å²) in [7, 11) is 0. The third kappa shape index (κ3) is 3.20. The smallest absolute Gasteiger partial charge is 0.315 e. The number of hydrogen-bond acceptors (Lipinski definition) is 9. The maximum Gasteiger partial charge on any atom is 0.315 e. The van der Waals surface area contributed by atoms with Crippen molar-refractivity contribution in [3.8, 4) is 17.3 Å². The zero-order valence-electron chi connectivity index (χ0n) is 16.4. The van der Waals surface area contributed by atoms with Gasteiger partial charge in [-0.3, -0.25) is 20.0 Å². The molecule has 3 aromatic heterocycles. The van der Waals surface area contributed by atoms with Gasteiger partial charge in [0.1, 0.15) is 0 Å². The van der Waals surface area contributed by atoms with E-state index in [0.717, 1.165) is 24.0 Å². The Balaban J connectivity index is 1.41. The molecule has 11 heteroatoms. The summed E-state index contributed by atoms with van der Waals surface area (Å²) >= 11 is 1.18. The summed E-state index contributed by atoms with van der Waals surface area (Å²) in [6.45, 7) is 4.08. The highest BCUT2D eigenvalue weighted by atomic mass is 32.1. The summed E-state index contributed by atoms with van der Waals surface area (Å²) < 4.78 is 5.23. The van der Waals surface area contributed by atoms with Crippen molar-refractivity contribution in [1.82, 2.24) is 25.1 Å². The number of carbonyl (C=O) groups excluding carboxylic acids is 2. The predicted octanol–water partition coefficient (Wildman–Crippen LogP) is 2.31. The number of nitrogens with zero attached hydrogens (tertiary/aromatic N) is 4. The van der Waals surface area contributed by atoms with Crippen molar-refractivity contribution in [1.29, 1.82) is 0 Å². The fourth-order valence-corrected chi connectivity index (χ4v) is 4.30. The second-order valence-electron chi connectivity index (χ2n) is 8.13. The quantitative estimate of drug-likeness (QED) is 0.539. The van der Waals surface area contributed by atoms with E-state index in [4.69, 9.17) is 10.5 Å². The molecule has 154 valence electrons. The van der Waals surface area contributed by atoms with Gasteiger partial charge in [-0.2, -0.15) is 10.1 Å². The molecule has 0 atom stereocenters. The number of amides is 1. The van der Waals surface area contributed by atoms with Gasteiger partial charge in [-0.05, 0) is 30.2 Å². The Morgan fingerprint density at radius 3 is 2.90 bits per heavy atom. The molecule has 3 aromatic rings. The Morgan fingerprint density at radius 2 is 2.13 bits per heavy atom. The first-order valence-electron chi connectivity index (χ1n) is 9.51. The number of hydrogen-bond donors (Lipinski definition) is 3. The fraction of sp³-hybridized carbons (Fsp3) is 0.368. The number of nitrogens with one attached hydrogen (secondary N) is 2. The number of thiazole rings is 1. The average molecular weight is 425 g/mol. The Hall–Kier alpha value is -3.34. The number of nitrogen functional groups attached to an aromatic ring is 1. The summed E-state index contributed by atoms with van der Waals surface area (Å²) in [5, 5.41) is 11.9. The van der Waals surface area contributed by atoms with Gasteiger partial charge in [0, 0.05) is 11.8 Å². The van der Waals surface area contributed by atoms with Gasteiger partial charge in [-0.15, -0.1) is 11.3 Å². The minimum Gasteiger partial charge on any atom is -0.406 e. The van der Waals surface area contributed by atoms with E-state index < -0.39 is 5.91 Å². The monoisotopic (exact) mass is 425 g/mol. The zero-order chi connectivity index (χ0) is 21.0. The first-order chi connectivity index (χ1) is 14.3. The van der Waals surface area contributed by atoms with Crippen LogP contribution >= 0.6 is 11.3 Å². The molecule has 0 spiro atoms. The molecule has 2 aliphatic carbocycles. The number of carbonyl (C=O) groups is 2. The van der Waals surface area contributed by atoms with Gasteiger partial charge >= 0.3 is 5.97 Å². The maximum atomic E-state index is 13.0. The Kier molecular flexibility index (Phi) is 4.10. The number of nitrogens with two attached hydrogens (primary N) is 1. The molecule has 0 radical (unpaired) electrons. The standard InChI is InChI=1S/C19H19N7O3S/c1-19(2)5-9-6-21-17(20)23-12(9)13-11(19)14(26-25-13)15(27)24-18-22-10(7-30-18)29-16(28)8-3-4-8/h6-8H,3-5H2,1-2H3,(H,25,26)(H2,20,21,23)(H,22,24,27). The van der Waals surface area contributed by atoms with E-state index in [1.54, 1.807) is 11.6 Å². The van der Waals surface area contributed by atoms with Gasteiger partial charge in [-0.1, -0.05) is 13.8 Å². The number of aromatic nitrogens is 5. The topological polar surface area (TPSA) is 149 Å². The highest BCUT2D eigenvalue weighted by Crippen LogP contribution is 2.43. The lowest BCUT2D eigenvalue weighted by Gasteiger charge is -2.31. The third-order valence-electron chi connectivity index (χ3n) is 5.23. The molecule has 5 rings (SSSR count). The van der Waals surface area contributed by atoms with E-state index in [1.165, 1.54) is 11.3 Å². The van der Waals surface area contributed by atoms with E-state index in [0.29, 0.717) is 22.9 Å². The molecule has 1 fully saturated rings. The molecule has 3 heterocycles. The molecule has 30 heavy (non-hydrogen) atoms. The van der Waals surface area contributed by atoms with Crippen LogP contribution in [0.5, 0.6) is 5.88 Å². The van der Waals surface area contributed by atoms with Crippen molar-refractivity contribution < 1.29 is 14.3 Å². The van der Waals surface area contributed by atoms with Crippen molar-refractivity contribution in [3.63, 3.8) is 0 Å². The molecule has 2 aliphatic rings. The highest BCUT2D eigenvalue weighted by molar-refractivity contribution is 7.14. The van der Waals surface area contributed by atoms with Crippen molar-refractivity contribution in [2.45, 2.75) is 38.5 Å². The van der Waals surface area contributed by atoms with Crippen LogP contribution in [0, 0.1) is 5.92 Å². The summed E-state index contributed by atoms with van der Waals surface area (Å²) in [4.78, 5) is 37.3. The molecule has 0 aliphatic heterocycles. The molecule has 1 saturated carbocycles.